The zero-order chi connectivity index (χ0) is 16.2. The van der Waals surface area contributed by atoms with E-state index in [1.165, 1.54) is 44.5 Å². The van der Waals surface area contributed by atoms with Crippen molar-refractivity contribution >= 4 is 0 Å². The van der Waals surface area contributed by atoms with Gasteiger partial charge >= 0.3 is 0 Å². The van der Waals surface area contributed by atoms with Crippen molar-refractivity contribution in [2.75, 3.05) is 26.7 Å². The number of likely N-dealkylation sites (tertiary alicyclic amines) is 1. The Hall–Kier alpha value is -1.02. The lowest BCUT2D eigenvalue weighted by atomic mass is 9.73. The van der Waals surface area contributed by atoms with Crippen LogP contribution < -0.4 is 4.74 Å². The summed E-state index contributed by atoms with van der Waals surface area (Å²) in [5.74, 6) is 2.49. The summed E-state index contributed by atoms with van der Waals surface area (Å²) in [6.07, 6.45) is 3.84. The average Bonchev–Trinajstić information content (AvgIpc) is 2.89. The third kappa shape index (κ3) is 4.25. The topological polar surface area (TPSA) is 12.5 Å². The van der Waals surface area contributed by atoms with Gasteiger partial charge < -0.3 is 9.64 Å². The summed E-state index contributed by atoms with van der Waals surface area (Å²) in [7, 11) is 1.76. The van der Waals surface area contributed by atoms with E-state index in [9.17, 15) is 0 Å². The van der Waals surface area contributed by atoms with Crippen molar-refractivity contribution in [2.24, 2.45) is 11.8 Å². The van der Waals surface area contributed by atoms with Gasteiger partial charge in [-0.05, 0) is 61.9 Å². The van der Waals surface area contributed by atoms with Crippen LogP contribution in [0.3, 0.4) is 0 Å². The molecule has 0 aromatic heterocycles. The molecule has 0 saturated carbocycles. The molecule has 1 aliphatic rings. The minimum absolute atomic E-state index is 0.305. The van der Waals surface area contributed by atoms with Gasteiger partial charge in [0.2, 0.25) is 0 Å². The maximum absolute atomic E-state index is 5.46. The van der Waals surface area contributed by atoms with Gasteiger partial charge in [0.05, 0.1) is 7.11 Å². The normalized spacial score (nSPS) is 22.7. The van der Waals surface area contributed by atoms with Crippen LogP contribution >= 0.6 is 0 Å². The summed E-state index contributed by atoms with van der Waals surface area (Å²) < 4.78 is 5.46. The van der Waals surface area contributed by atoms with Crippen molar-refractivity contribution in [1.82, 2.24) is 4.90 Å². The molecule has 0 spiro atoms. The lowest BCUT2D eigenvalue weighted by molar-refractivity contribution is 0.273. The first-order chi connectivity index (χ1) is 10.4. The molecule has 2 rings (SSSR count). The minimum atomic E-state index is 0.305. The highest BCUT2D eigenvalue weighted by Gasteiger charge is 2.39. The third-order valence-corrected chi connectivity index (χ3v) is 4.94. The number of methoxy groups -OCH3 is 1. The molecule has 1 atom stereocenters. The van der Waals surface area contributed by atoms with Crippen molar-refractivity contribution in [3.8, 4) is 5.75 Å². The van der Waals surface area contributed by atoms with Crippen LogP contribution in [-0.2, 0) is 5.41 Å². The van der Waals surface area contributed by atoms with Crippen LogP contribution in [0.4, 0.5) is 0 Å². The number of rotatable bonds is 7. The SMILES string of the molecule is COc1cccc([C@]2(CC(C)C)CCN(CCC(C)C)C2)c1. The summed E-state index contributed by atoms with van der Waals surface area (Å²) in [5, 5.41) is 0. The molecule has 22 heavy (non-hydrogen) atoms. The molecule has 0 bridgehead atoms. The Morgan fingerprint density at radius 2 is 1.95 bits per heavy atom. The highest BCUT2D eigenvalue weighted by molar-refractivity contribution is 5.35. The lowest BCUT2D eigenvalue weighted by Crippen LogP contribution is -2.33. The van der Waals surface area contributed by atoms with E-state index >= 15 is 0 Å². The number of hydrogen-bond donors (Lipinski definition) is 0. The van der Waals surface area contributed by atoms with Crippen molar-refractivity contribution in [2.45, 2.75) is 52.4 Å². The maximum Gasteiger partial charge on any atom is 0.119 e. The van der Waals surface area contributed by atoms with Crippen molar-refractivity contribution in [3.63, 3.8) is 0 Å². The van der Waals surface area contributed by atoms with E-state index in [-0.39, 0.29) is 0 Å². The molecule has 0 amide bonds. The number of nitrogens with zero attached hydrogens (tertiary/aromatic N) is 1. The van der Waals surface area contributed by atoms with Crippen molar-refractivity contribution in [1.29, 1.82) is 0 Å². The second kappa shape index (κ2) is 7.50. The van der Waals surface area contributed by atoms with Crippen LogP contribution in [0.2, 0.25) is 0 Å². The standard InChI is InChI=1S/C20H33NO/c1-16(2)9-11-21-12-10-20(15-21,14-17(3)4)18-7-6-8-19(13-18)22-5/h6-8,13,16-17H,9-12,14-15H2,1-5H3/t20-/m0/s1. The Morgan fingerprint density at radius 1 is 1.18 bits per heavy atom. The van der Waals surface area contributed by atoms with Gasteiger partial charge in [-0.1, -0.05) is 39.8 Å². The molecule has 1 fully saturated rings. The monoisotopic (exact) mass is 303 g/mol. The molecule has 0 aliphatic carbocycles. The molecule has 2 heteroatoms. The highest BCUT2D eigenvalue weighted by Crippen LogP contribution is 2.41. The molecule has 1 aromatic rings. The van der Waals surface area contributed by atoms with E-state index in [2.05, 4.69) is 56.9 Å². The van der Waals surface area contributed by atoms with Gasteiger partial charge in [0.1, 0.15) is 5.75 Å². The fraction of sp³-hybridized carbons (Fsp3) is 0.700. The second-order valence-corrected chi connectivity index (χ2v) is 7.82. The minimum Gasteiger partial charge on any atom is -0.497 e. The van der Waals surface area contributed by atoms with E-state index in [0.717, 1.165) is 17.6 Å². The lowest BCUT2D eigenvalue weighted by Gasteiger charge is -2.32. The average molecular weight is 303 g/mol. The molecule has 0 N–H and O–H groups in total. The summed E-state index contributed by atoms with van der Waals surface area (Å²) in [6.45, 7) is 13.0. The Morgan fingerprint density at radius 3 is 2.59 bits per heavy atom. The predicted molar refractivity (Wildman–Crippen MR) is 94.6 cm³/mol. The van der Waals surface area contributed by atoms with Gasteiger partial charge in [-0.25, -0.2) is 0 Å². The van der Waals surface area contributed by atoms with E-state index in [1.807, 2.05) is 0 Å². The number of hydrogen-bond acceptors (Lipinski definition) is 2. The molecule has 2 nitrogen and oxygen atoms in total. The van der Waals surface area contributed by atoms with Crippen LogP contribution in [0.1, 0.15) is 52.5 Å². The predicted octanol–water partition coefficient (Wildman–Crippen LogP) is 4.73. The summed E-state index contributed by atoms with van der Waals surface area (Å²) in [6, 6.07) is 8.76. The Bertz CT molecular complexity index is 469. The van der Waals surface area contributed by atoms with Gasteiger partial charge in [0, 0.05) is 12.0 Å². The first kappa shape index (κ1) is 17.3. The van der Waals surface area contributed by atoms with Gasteiger partial charge in [-0.15, -0.1) is 0 Å². The van der Waals surface area contributed by atoms with Crippen LogP contribution in [0, 0.1) is 11.8 Å². The number of ether oxygens (including phenoxy) is 1. The largest absolute Gasteiger partial charge is 0.497 e. The van der Waals surface area contributed by atoms with E-state index < -0.39 is 0 Å². The molecule has 1 aliphatic heterocycles. The molecule has 0 unspecified atom stereocenters. The fourth-order valence-electron chi connectivity index (χ4n) is 3.84. The molecule has 1 heterocycles. The third-order valence-electron chi connectivity index (χ3n) is 4.94. The Labute approximate surface area is 136 Å². The van der Waals surface area contributed by atoms with Crippen LogP contribution in [0.15, 0.2) is 24.3 Å². The van der Waals surface area contributed by atoms with Gasteiger partial charge in [-0.2, -0.15) is 0 Å². The van der Waals surface area contributed by atoms with Crippen LogP contribution in [-0.4, -0.2) is 31.6 Å². The van der Waals surface area contributed by atoms with Crippen LogP contribution in [0.5, 0.6) is 5.75 Å². The first-order valence-corrected chi connectivity index (χ1v) is 8.82. The molecule has 1 aromatic carbocycles. The van der Waals surface area contributed by atoms with Crippen molar-refractivity contribution < 1.29 is 4.74 Å². The zero-order valence-electron chi connectivity index (χ0n) is 15.1. The van der Waals surface area contributed by atoms with E-state index in [0.29, 0.717) is 5.41 Å². The summed E-state index contributed by atoms with van der Waals surface area (Å²) in [4.78, 5) is 2.67. The molecule has 0 radical (unpaired) electrons. The quantitative estimate of drug-likeness (QED) is 0.722. The molecular weight excluding hydrogens is 270 g/mol. The molecular formula is C20H33NO. The molecule has 1 saturated heterocycles. The van der Waals surface area contributed by atoms with Gasteiger partial charge in [0.15, 0.2) is 0 Å². The summed E-state index contributed by atoms with van der Waals surface area (Å²) in [5.41, 5.74) is 1.77. The van der Waals surface area contributed by atoms with E-state index in [4.69, 9.17) is 4.74 Å². The smallest absolute Gasteiger partial charge is 0.119 e. The molecule has 124 valence electrons. The zero-order valence-corrected chi connectivity index (χ0v) is 15.1. The van der Waals surface area contributed by atoms with Crippen LogP contribution in [0.25, 0.3) is 0 Å². The second-order valence-electron chi connectivity index (χ2n) is 7.82. The van der Waals surface area contributed by atoms with Gasteiger partial charge in [-0.3, -0.25) is 0 Å². The highest BCUT2D eigenvalue weighted by atomic mass is 16.5. The number of benzene rings is 1. The Kier molecular flexibility index (Phi) is 5.91. The maximum atomic E-state index is 5.46. The fourth-order valence-corrected chi connectivity index (χ4v) is 3.84. The Balaban J connectivity index is 2.18. The summed E-state index contributed by atoms with van der Waals surface area (Å²) >= 11 is 0. The van der Waals surface area contributed by atoms with Crippen molar-refractivity contribution in [3.05, 3.63) is 29.8 Å². The van der Waals surface area contributed by atoms with Gasteiger partial charge in [0.25, 0.3) is 0 Å². The first-order valence-electron chi connectivity index (χ1n) is 8.82. The van der Waals surface area contributed by atoms with E-state index in [1.54, 1.807) is 7.11 Å².